The molecule has 2 N–H and O–H groups in total. The summed E-state index contributed by atoms with van der Waals surface area (Å²) in [4.78, 5) is 0. The van der Waals surface area contributed by atoms with Gasteiger partial charge in [0.25, 0.3) is 0 Å². The molecule has 150 valence electrons. The summed E-state index contributed by atoms with van der Waals surface area (Å²) in [6.07, 6.45) is 26.7. The average Bonchev–Trinajstić information content (AvgIpc) is 3.08. The van der Waals surface area contributed by atoms with Gasteiger partial charge in [-0.3, -0.25) is 0 Å². The van der Waals surface area contributed by atoms with Gasteiger partial charge in [-0.1, -0.05) is 88.8 Å². The normalized spacial score (nSPS) is 22.6. The molecule has 0 radical (unpaired) electrons. The average molecular weight is 363 g/mol. The van der Waals surface area contributed by atoms with E-state index in [0.717, 1.165) is 25.2 Å². The van der Waals surface area contributed by atoms with E-state index >= 15 is 0 Å². The van der Waals surface area contributed by atoms with E-state index in [0.29, 0.717) is 11.8 Å². The van der Waals surface area contributed by atoms with Gasteiger partial charge in [0.05, 0.1) is 12.7 Å². The van der Waals surface area contributed by atoms with E-state index in [-0.39, 0.29) is 6.61 Å². The Morgan fingerprint density at radius 1 is 1.12 bits per heavy atom. The molecule has 1 unspecified atom stereocenters. The van der Waals surface area contributed by atoms with Gasteiger partial charge in [-0.15, -0.1) is 0 Å². The standard InChI is InChI=1S/C24H42O2/c1-3-4-5-8-13-21(2)14-11-16-23-18-12-17-22(23)15-9-6-7-10-19-24(26)20-25/h8,11-13,16,18,21-26H,3-7,9-10,14-15,17,19-20H2,1-2H3/t21-,22+,23+,24?/m1/s1. The van der Waals surface area contributed by atoms with Crippen LogP contribution in [0.25, 0.3) is 0 Å². The van der Waals surface area contributed by atoms with E-state index in [9.17, 15) is 5.11 Å². The zero-order valence-electron chi connectivity index (χ0n) is 17.2. The molecule has 0 aromatic heterocycles. The van der Waals surface area contributed by atoms with Crippen molar-refractivity contribution in [2.45, 2.75) is 90.6 Å². The Bertz CT molecular complexity index is 410. The molecule has 0 heterocycles. The lowest BCUT2D eigenvalue weighted by atomic mass is 9.89. The zero-order chi connectivity index (χ0) is 19.0. The van der Waals surface area contributed by atoms with Crippen molar-refractivity contribution in [3.05, 3.63) is 36.5 Å². The Hall–Kier alpha value is -0.860. The molecular formula is C24H42O2. The van der Waals surface area contributed by atoms with E-state index in [1.165, 1.54) is 51.4 Å². The fraction of sp³-hybridized carbons (Fsp3) is 0.750. The van der Waals surface area contributed by atoms with Crippen LogP contribution in [0.15, 0.2) is 36.5 Å². The number of aliphatic hydroxyl groups is 2. The van der Waals surface area contributed by atoms with E-state index in [1.807, 2.05) is 0 Å². The van der Waals surface area contributed by atoms with Crippen LogP contribution in [-0.2, 0) is 0 Å². The second-order valence-corrected chi connectivity index (χ2v) is 8.04. The van der Waals surface area contributed by atoms with E-state index < -0.39 is 6.10 Å². The third-order valence-corrected chi connectivity index (χ3v) is 5.47. The van der Waals surface area contributed by atoms with Crippen molar-refractivity contribution < 1.29 is 10.2 Å². The summed E-state index contributed by atoms with van der Waals surface area (Å²) in [6.45, 7) is 4.45. The lowest BCUT2D eigenvalue weighted by Gasteiger charge is -2.16. The predicted molar refractivity (Wildman–Crippen MR) is 113 cm³/mol. The van der Waals surface area contributed by atoms with E-state index in [1.54, 1.807) is 0 Å². The smallest absolute Gasteiger partial charge is 0.0770 e. The number of aliphatic hydroxyl groups excluding tert-OH is 2. The fourth-order valence-electron chi connectivity index (χ4n) is 3.67. The van der Waals surface area contributed by atoms with Gasteiger partial charge in [-0.2, -0.15) is 0 Å². The summed E-state index contributed by atoms with van der Waals surface area (Å²) in [5.41, 5.74) is 0. The summed E-state index contributed by atoms with van der Waals surface area (Å²) in [7, 11) is 0. The number of hydrogen-bond donors (Lipinski definition) is 2. The van der Waals surface area contributed by atoms with Crippen LogP contribution in [0.4, 0.5) is 0 Å². The van der Waals surface area contributed by atoms with Crippen LogP contribution in [0.2, 0.25) is 0 Å². The molecule has 0 spiro atoms. The second kappa shape index (κ2) is 15.2. The largest absolute Gasteiger partial charge is 0.394 e. The van der Waals surface area contributed by atoms with Gasteiger partial charge in [0, 0.05) is 0 Å². The van der Waals surface area contributed by atoms with Crippen molar-refractivity contribution in [1.82, 2.24) is 0 Å². The van der Waals surface area contributed by atoms with E-state index in [2.05, 4.69) is 50.3 Å². The summed E-state index contributed by atoms with van der Waals surface area (Å²) in [5.74, 6) is 2.05. The number of hydrogen-bond acceptors (Lipinski definition) is 2. The molecule has 2 heteroatoms. The van der Waals surface area contributed by atoms with Crippen molar-refractivity contribution in [1.29, 1.82) is 0 Å². The van der Waals surface area contributed by atoms with Crippen molar-refractivity contribution in [2.75, 3.05) is 6.61 Å². The second-order valence-electron chi connectivity index (χ2n) is 8.04. The van der Waals surface area contributed by atoms with Crippen LogP contribution in [0, 0.1) is 17.8 Å². The first-order valence-corrected chi connectivity index (χ1v) is 11.0. The molecule has 1 aliphatic rings. The highest BCUT2D eigenvalue weighted by atomic mass is 16.3. The molecule has 0 aromatic carbocycles. The lowest BCUT2D eigenvalue weighted by molar-refractivity contribution is 0.0859. The molecule has 0 aliphatic heterocycles. The first-order chi connectivity index (χ1) is 12.7. The van der Waals surface area contributed by atoms with Gasteiger partial charge in [0.1, 0.15) is 0 Å². The molecule has 0 aromatic rings. The first-order valence-electron chi connectivity index (χ1n) is 11.0. The maximum absolute atomic E-state index is 9.34. The van der Waals surface area contributed by atoms with Crippen LogP contribution in [0.1, 0.15) is 84.5 Å². The highest BCUT2D eigenvalue weighted by Crippen LogP contribution is 2.31. The predicted octanol–water partition coefficient (Wildman–Crippen LogP) is 6.20. The number of rotatable bonds is 15. The Balaban J connectivity index is 2.15. The highest BCUT2D eigenvalue weighted by molar-refractivity contribution is 5.10. The molecule has 1 aliphatic carbocycles. The van der Waals surface area contributed by atoms with Crippen molar-refractivity contribution in [2.24, 2.45) is 17.8 Å². The van der Waals surface area contributed by atoms with Crippen molar-refractivity contribution >= 4 is 0 Å². The maximum Gasteiger partial charge on any atom is 0.0770 e. The minimum atomic E-state index is -0.521. The summed E-state index contributed by atoms with van der Waals surface area (Å²) >= 11 is 0. The Morgan fingerprint density at radius 3 is 2.69 bits per heavy atom. The Kier molecular flexibility index (Phi) is 13.6. The monoisotopic (exact) mass is 362 g/mol. The molecule has 26 heavy (non-hydrogen) atoms. The molecule has 0 fully saturated rings. The highest BCUT2D eigenvalue weighted by Gasteiger charge is 2.19. The Labute approximate surface area is 162 Å². The van der Waals surface area contributed by atoms with Crippen LogP contribution < -0.4 is 0 Å². The van der Waals surface area contributed by atoms with Crippen molar-refractivity contribution in [3.8, 4) is 0 Å². The molecule has 0 saturated heterocycles. The summed E-state index contributed by atoms with van der Waals surface area (Å²) in [6, 6.07) is 0. The minimum Gasteiger partial charge on any atom is -0.394 e. The van der Waals surface area contributed by atoms with E-state index in [4.69, 9.17) is 5.11 Å². The third-order valence-electron chi connectivity index (χ3n) is 5.47. The van der Waals surface area contributed by atoms with Crippen LogP contribution in [-0.4, -0.2) is 22.9 Å². The van der Waals surface area contributed by atoms with Crippen LogP contribution >= 0.6 is 0 Å². The molecule has 0 bridgehead atoms. The summed E-state index contributed by atoms with van der Waals surface area (Å²) < 4.78 is 0. The summed E-state index contributed by atoms with van der Waals surface area (Å²) in [5, 5.41) is 18.2. The maximum atomic E-state index is 9.34. The van der Waals surface area contributed by atoms with Crippen LogP contribution in [0.3, 0.4) is 0 Å². The molecular weight excluding hydrogens is 320 g/mol. The van der Waals surface area contributed by atoms with Gasteiger partial charge < -0.3 is 10.2 Å². The Morgan fingerprint density at radius 2 is 1.92 bits per heavy atom. The molecule has 2 nitrogen and oxygen atoms in total. The molecule has 0 saturated carbocycles. The fourth-order valence-corrected chi connectivity index (χ4v) is 3.67. The number of allylic oxidation sites excluding steroid dienone is 6. The van der Waals surface area contributed by atoms with Gasteiger partial charge in [-0.05, 0) is 49.9 Å². The molecule has 1 rings (SSSR count). The van der Waals surface area contributed by atoms with Crippen molar-refractivity contribution in [3.63, 3.8) is 0 Å². The lowest BCUT2D eigenvalue weighted by Crippen LogP contribution is -2.11. The molecule has 4 atom stereocenters. The third kappa shape index (κ3) is 11.0. The van der Waals surface area contributed by atoms with Gasteiger partial charge in [0.15, 0.2) is 0 Å². The van der Waals surface area contributed by atoms with Gasteiger partial charge in [0.2, 0.25) is 0 Å². The van der Waals surface area contributed by atoms with Gasteiger partial charge >= 0.3 is 0 Å². The topological polar surface area (TPSA) is 40.5 Å². The van der Waals surface area contributed by atoms with Gasteiger partial charge in [-0.25, -0.2) is 0 Å². The minimum absolute atomic E-state index is 0.102. The number of unbranched alkanes of at least 4 members (excludes halogenated alkanes) is 5. The molecule has 0 amide bonds. The zero-order valence-corrected chi connectivity index (χ0v) is 17.2. The van der Waals surface area contributed by atoms with Crippen LogP contribution in [0.5, 0.6) is 0 Å². The quantitative estimate of drug-likeness (QED) is 0.269. The first kappa shape index (κ1) is 23.2. The SMILES string of the molecule is CCCCC=C[C@@H](C)CC=C[C@H]1C=CC[C@@H]1CCCCCCC(O)CO.